The molecule has 1 aliphatic rings. The Morgan fingerprint density at radius 2 is 2.10 bits per heavy atom. The zero-order valence-electron chi connectivity index (χ0n) is 11.7. The minimum atomic E-state index is 0.0763. The number of anilines is 1. The number of benzene rings is 1. The average molecular weight is 340 g/mol. The van der Waals surface area contributed by atoms with E-state index in [-0.39, 0.29) is 12.0 Å². The number of carbonyl (C=O) groups is 1. The fourth-order valence-electron chi connectivity index (χ4n) is 2.41. The maximum Gasteiger partial charge on any atom is 0.224 e. The molecule has 1 fully saturated rings. The molecule has 0 spiro atoms. The molecule has 0 radical (unpaired) electrons. The van der Waals surface area contributed by atoms with Gasteiger partial charge in [0.25, 0.3) is 0 Å². The summed E-state index contributed by atoms with van der Waals surface area (Å²) < 4.78 is 5.64. The Morgan fingerprint density at radius 1 is 1.30 bits per heavy atom. The van der Waals surface area contributed by atoms with Gasteiger partial charge in [0.15, 0.2) is 0 Å². The Kier molecular flexibility index (Phi) is 6.54. The van der Waals surface area contributed by atoms with Crippen molar-refractivity contribution in [2.45, 2.75) is 44.6 Å². The van der Waals surface area contributed by atoms with Crippen molar-refractivity contribution in [3.63, 3.8) is 0 Å². The van der Waals surface area contributed by atoms with Crippen LogP contribution in [0.4, 0.5) is 5.69 Å². The number of hydrogen-bond acceptors (Lipinski definition) is 2. The molecule has 0 bridgehead atoms. The molecule has 20 heavy (non-hydrogen) atoms. The van der Waals surface area contributed by atoms with Crippen LogP contribution in [-0.2, 0) is 16.0 Å². The Labute approximate surface area is 129 Å². The second-order valence-electron chi connectivity index (χ2n) is 5.21. The van der Waals surface area contributed by atoms with Crippen LogP contribution >= 0.6 is 15.9 Å². The molecule has 0 saturated carbocycles. The first-order valence-electron chi connectivity index (χ1n) is 7.34. The van der Waals surface area contributed by atoms with Crippen LogP contribution in [0.1, 0.15) is 37.7 Å². The van der Waals surface area contributed by atoms with Crippen LogP contribution in [0.2, 0.25) is 0 Å². The number of alkyl halides is 1. The SMILES string of the molecule is O=C(CCC1CCCCO1)Nc1ccc(CCBr)cc1. The van der Waals surface area contributed by atoms with Gasteiger partial charge < -0.3 is 10.1 Å². The molecule has 4 heteroatoms. The van der Waals surface area contributed by atoms with Crippen LogP contribution in [0.3, 0.4) is 0 Å². The third-order valence-electron chi connectivity index (χ3n) is 3.59. The number of rotatable bonds is 6. The van der Waals surface area contributed by atoms with Crippen molar-refractivity contribution in [3.05, 3.63) is 29.8 Å². The van der Waals surface area contributed by atoms with E-state index in [1.165, 1.54) is 12.0 Å². The van der Waals surface area contributed by atoms with Gasteiger partial charge in [-0.15, -0.1) is 0 Å². The van der Waals surface area contributed by atoms with Gasteiger partial charge in [-0.2, -0.15) is 0 Å². The highest BCUT2D eigenvalue weighted by Gasteiger charge is 2.15. The Hall–Kier alpha value is -0.870. The second kappa shape index (κ2) is 8.42. The average Bonchev–Trinajstić information content (AvgIpc) is 2.49. The predicted octanol–water partition coefficient (Wildman–Crippen LogP) is 3.91. The summed E-state index contributed by atoms with van der Waals surface area (Å²) >= 11 is 3.42. The van der Waals surface area contributed by atoms with E-state index < -0.39 is 0 Å². The Balaban J connectivity index is 1.73. The summed E-state index contributed by atoms with van der Waals surface area (Å²) in [5.74, 6) is 0.0763. The van der Waals surface area contributed by atoms with Crippen molar-refractivity contribution in [2.75, 3.05) is 17.3 Å². The molecule has 3 nitrogen and oxygen atoms in total. The Bertz CT molecular complexity index is 413. The summed E-state index contributed by atoms with van der Waals surface area (Å²) in [4.78, 5) is 11.9. The number of nitrogens with one attached hydrogen (secondary N) is 1. The van der Waals surface area contributed by atoms with Gasteiger partial charge in [-0.05, 0) is 49.8 Å². The topological polar surface area (TPSA) is 38.3 Å². The zero-order chi connectivity index (χ0) is 14.2. The van der Waals surface area contributed by atoms with E-state index >= 15 is 0 Å². The normalized spacial score (nSPS) is 18.8. The number of amides is 1. The van der Waals surface area contributed by atoms with Crippen LogP contribution in [0.15, 0.2) is 24.3 Å². The summed E-state index contributed by atoms with van der Waals surface area (Å²) in [7, 11) is 0. The van der Waals surface area contributed by atoms with Crippen molar-refractivity contribution >= 4 is 27.5 Å². The second-order valence-corrected chi connectivity index (χ2v) is 6.00. The lowest BCUT2D eigenvalue weighted by Gasteiger charge is -2.22. The van der Waals surface area contributed by atoms with Crippen LogP contribution in [0.25, 0.3) is 0 Å². The molecule has 1 amide bonds. The van der Waals surface area contributed by atoms with Gasteiger partial charge in [-0.1, -0.05) is 28.1 Å². The monoisotopic (exact) mass is 339 g/mol. The molecule has 1 N–H and O–H groups in total. The standard InChI is InChI=1S/C16H22BrNO2/c17-11-10-13-4-6-14(7-5-13)18-16(19)9-8-15-3-1-2-12-20-15/h4-7,15H,1-3,8-12H2,(H,18,19). The molecule has 1 aliphatic heterocycles. The number of carbonyl (C=O) groups excluding carboxylic acids is 1. The highest BCUT2D eigenvalue weighted by molar-refractivity contribution is 9.09. The Morgan fingerprint density at radius 3 is 2.75 bits per heavy atom. The smallest absolute Gasteiger partial charge is 0.224 e. The molecule has 1 unspecified atom stereocenters. The van der Waals surface area contributed by atoms with E-state index in [4.69, 9.17) is 4.74 Å². The van der Waals surface area contributed by atoms with Crippen molar-refractivity contribution in [1.29, 1.82) is 0 Å². The van der Waals surface area contributed by atoms with E-state index in [9.17, 15) is 4.79 Å². The van der Waals surface area contributed by atoms with Gasteiger partial charge >= 0.3 is 0 Å². The van der Waals surface area contributed by atoms with Crippen LogP contribution in [0.5, 0.6) is 0 Å². The fraction of sp³-hybridized carbons (Fsp3) is 0.562. The summed E-state index contributed by atoms with van der Waals surface area (Å²) in [5.41, 5.74) is 2.15. The van der Waals surface area contributed by atoms with Crippen LogP contribution in [-0.4, -0.2) is 23.9 Å². The molecule has 1 atom stereocenters. The zero-order valence-corrected chi connectivity index (χ0v) is 13.3. The third kappa shape index (κ3) is 5.25. The van der Waals surface area contributed by atoms with Gasteiger partial charge in [-0.3, -0.25) is 4.79 Å². The molecule has 1 saturated heterocycles. The van der Waals surface area contributed by atoms with Crippen molar-refractivity contribution in [1.82, 2.24) is 0 Å². The molecule has 1 aromatic rings. The van der Waals surface area contributed by atoms with Crippen molar-refractivity contribution < 1.29 is 9.53 Å². The van der Waals surface area contributed by atoms with E-state index in [1.807, 2.05) is 12.1 Å². The van der Waals surface area contributed by atoms with Crippen molar-refractivity contribution in [2.24, 2.45) is 0 Å². The number of aryl methyl sites for hydroxylation is 1. The molecule has 2 rings (SSSR count). The first-order chi connectivity index (χ1) is 9.78. The van der Waals surface area contributed by atoms with E-state index in [0.29, 0.717) is 6.42 Å². The predicted molar refractivity (Wildman–Crippen MR) is 85.4 cm³/mol. The van der Waals surface area contributed by atoms with Gasteiger partial charge in [0.1, 0.15) is 0 Å². The third-order valence-corrected chi connectivity index (χ3v) is 3.98. The van der Waals surface area contributed by atoms with Gasteiger partial charge in [-0.25, -0.2) is 0 Å². The lowest BCUT2D eigenvalue weighted by molar-refractivity contribution is -0.117. The van der Waals surface area contributed by atoms with Gasteiger partial charge in [0.2, 0.25) is 5.91 Å². The highest BCUT2D eigenvalue weighted by atomic mass is 79.9. The fourth-order valence-corrected chi connectivity index (χ4v) is 2.87. The molecule has 1 heterocycles. The van der Waals surface area contributed by atoms with Gasteiger partial charge in [0, 0.05) is 24.0 Å². The summed E-state index contributed by atoms with van der Waals surface area (Å²) in [5, 5.41) is 3.90. The first-order valence-corrected chi connectivity index (χ1v) is 8.46. The van der Waals surface area contributed by atoms with E-state index in [2.05, 4.69) is 33.4 Å². The number of ether oxygens (including phenoxy) is 1. The summed E-state index contributed by atoms with van der Waals surface area (Å²) in [6.45, 7) is 0.849. The van der Waals surface area contributed by atoms with E-state index in [1.54, 1.807) is 0 Å². The number of hydrogen-bond donors (Lipinski definition) is 1. The molecule has 0 aliphatic carbocycles. The van der Waals surface area contributed by atoms with Crippen LogP contribution < -0.4 is 5.32 Å². The van der Waals surface area contributed by atoms with Crippen molar-refractivity contribution in [3.8, 4) is 0 Å². The minimum Gasteiger partial charge on any atom is -0.378 e. The minimum absolute atomic E-state index is 0.0763. The van der Waals surface area contributed by atoms with Crippen LogP contribution in [0, 0.1) is 0 Å². The lowest BCUT2D eigenvalue weighted by atomic mass is 10.0. The van der Waals surface area contributed by atoms with Gasteiger partial charge in [0.05, 0.1) is 6.10 Å². The quantitative estimate of drug-likeness (QED) is 0.798. The molecular formula is C16H22BrNO2. The summed E-state index contributed by atoms with van der Waals surface area (Å²) in [6, 6.07) is 8.04. The van der Waals surface area contributed by atoms with E-state index in [0.717, 1.165) is 43.3 Å². The maximum atomic E-state index is 11.9. The summed E-state index contributed by atoms with van der Waals surface area (Å²) in [6.07, 6.45) is 6.12. The highest BCUT2D eigenvalue weighted by Crippen LogP contribution is 2.17. The molecular weight excluding hydrogens is 318 g/mol. The molecule has 110 valence electrons. The molecule has 0 aromatic heterocycles. The number of halogens is 1. The first kappa shape index (κ1) is 15.5. The molecule has 1 aromatic carbocycles. The maximum absolute atomic E-state index is 11.9. The lowest BCUT2D eigenvalue weighted by Crippen LogP contribution is -2.21. The largest absolute Gasteiger partial charge is 0.378 e.